The van der Waals surface area contributed by atoms with Gasteiger partial charge in [-0.1, -0.05) is 11.6 Å². The van der Waals surface area contributed by atoms with Gasteiger partial charge >= 0.3 is 0 Å². The van der Waals surface area contributed by atoms with Gasteiger partial charge in [-0.05, 0) is 32.9 Å². The van der Waals surface area contributed by atoms with E-state index in [1.807, 2.05) is 26.1 Å². The lowest BCUT2D eigenvalue weighted by molar-refractivity contribution is 1.14. The van der Waals surface area contributed by atoms with Crippen molar-refractivity contribution in [2.75, 3.05) is 6.54 Å². The molecular formula is C12H16N2. The van der Waals surface area contributed by atoms with Crippen LogP contribution in [0.15, 0.2) is 28.2 Å². The highest BCUT2D eigenvalue weighted by atomic mass is 14.7. The van der Waals surface area contributed by atoms with Crippen LogP contribution in [0.25, 0.3) is 0 Å². The Kier molecular flexibility index (Phi) is 4.05. The fourth-order valence-electron chi connectivity index (χ4n) is 1.22. The predicted octanol–water partition coefficient (Wildman–Crippen LogP) is 3.16. The maximum atomic E-state index is 4.28. The van der Waals surface area contributed by atoms with Crippen LogP contribution < -0.4 is 0 Å². The molecule has 0 N–H and O–H groups in total. The maximum Gasteiger partial charge on any atom is 0.0713 e. The van der Waals surface area contributed by atoms with Gasteiger partial charge in [-0.2, -0.15) is 0 Å². The second kappa shape index (κ2) is 5.32. The van der Waals surface area contributed by atoms with E-state index in [0.29, 0.717) is 0 Å². The zero-order valence-electron chi connectivity index (χ0n) is 8.99. The van der Waals surface area contributed by atoms with Crippen LogP contribution in [0.4, 0.5) is 5.69 Å². The Bertz CT molecular complexity index is 351. The normalized spacial score (nSPS) is 11.6. The summed E-state index contributed by atoms with van der Waals surface area (Å²) < 4.78 is 0. The number of hydrogen-bond acceptors (Lipinski definition) is 2. The molecule has 0 aliphatic rings. The molecule has 1 rings (SSSR count). The van der Waals surface area contributed by atoms with Gasteiger partial charge in [0.2, 0.25) is 0 Å². The molecule has 0 heterocycles. The van der Waals surface area contributed by atoms with Crippen LogP contribution in [-0.2, 0) is 0 Å². The minimum atomic E-state index is 0.809. The lowest BCUT2D eigenvalue weighted by Gasteiger charge is -2.01. The van der Waals surface area contributed by atoms with Crippen molar-refractivity contribution in [1.82, 2.24) is 0 Å². The number of benzene rings is 1. The molecule has 0 aliphatic carbocycles. The second-order valence-corrected chi connectivity index (χ2v) is 3.08. The summed E-state index contributed by atoms with van der Waals surface area (Å²) in [6.07, 6.45) is 3.68. The molecule has 0 bridgehead atoms. The monoisotopic (exact) mass is 188 g/mol. The molecule has 0 spiro atoms. The summed E-state index contributed by atoms with van der Waals surface area (Å²) >= 11 is 0. The maximum absolute atomic E-state index is 4.28. The van der Waals surface area contributed by atoms with Crippen LogP contribution in [0.1, 0.15) is 25.0 Å². The third-order valence-electron chi connectivity index (χ3n) is 1.86. The lowest BCUT2D eigenvalue weighted by atomic mass is 10.1. The molecule has 0 aromatic heterocycles. The Morgan fingerprint density at radius 1 is 1.36 bits per heavy atom. The van der Waals surface area contributed by atoms with E-state index in [4.69, 9.17) is 0 Å². The van der Waals surface area contributed by atoms with Gasteiger partial charge in [0.1, 0.15) is 0 Å². The molecule has 0 saturated carbocycles. The minimum absolute atomic E-state index is 0.809. The molecule has 0 saturated heterocycles. The van der Waals surface area contributed by atoms with E-state index >= 15 is 0 Å². The number of rotatable bonds is 3. The van der Waals surface area contributed by atoms with E-state index in [-0.39, 0.29) is 0 Å². The summed E-state index contributed by atoms with van der Waals surface area (Å²) in [5, 5.41) is 0. The van der Waals surface area contributed by atoms with Crippen molar-refractivity contribution in [3.63, 3.8) is 0 Å². The molecule has 0 atom stereocenters. The third kappa shape index (κ3) is 2.80. The van der Waals surface area contributed by atoms with Gasteiger partial charge < -0.3 is 0 Å². The fraction of sp³-hybridized carbons (Fsp3) is 0.333. The summed E-state index contributed by atoms with van der Waals surface area (Å²) in [4.78, 5) is 8.51. The van der Waals surface area contributed by atoms with Crippen molar-refractivity contribution < 1.29 is 0 Å². The van der Waals surface area contributed by atoms with E-state index in [0.717, 1.165) is 17.8 Å². The first-order valence-electron chi connectivity index (χ1n) is 4.87. The SMILES string of the molecule is CC=Nc1ccc(C)cc1C=NCC. The van der Waals surface area contributed by atoms with Gasteiger partial charge in [-0.3, -0.25) is 9.98 Å². The van der Waals surface area contributed by atoms with Crippen molar-refractivity contribution in [3.8, 4) is 0 Å². The summed E-state index contributed by atoms with van der Waals surface area (Å²) in [5.41, 5.74) is 3.30. The van der Waals surface area contributed by atoms with Crippen LogP contribution in [-0.4, -0.2) is 19.0 Å². The van der Waals surface area contributed by atoms with Gasteiger partial charge in [-0.15, -0.1) is 0 Å². The molecule has 0 fully saturated rings. The highest BCUT2D eigenvalue weighted by molar-refractivity contribution is 5.87. The van der Waals surface area contributed by atoms with E-state index in [1.54, 1.807) is 6.21 Å². The minimum Gasteiger partial charge on any atom is -0.293 e. The highest BCUT2D eigenvalue weighted by Crippen LogP contribution is 2.18. The Balaban J connectivity index is 3.08. The van der Waals surface area contributed by atoms with E-state index in [2.05, 4.69) is 29.0 Å². The number of aliphatic imine (C=N–C) groups is 2. The van der Waals surface area contributed by atoms with Crippen LogP contribution >= 0.6 is 0 Å². The van der Waals surface area contributed by atoms with Crippen LogP contribution in [0, 0.1) is 6.92 Å². The fourth-order valence-corrected chi connectivity index (χ4v) is 1.22. The molecule has 1 aromatic rings. The first kappa shape index (κ1) is 10.6. The van der Waals surface area contributed by atoms with Gasteiger partial charge in [-0.25, -0.2) is 0 Å². The standard InChI is InChI=1S/C12H16N2/c1-4-13-9-11-8-10(3)6-7-12(11)14-5-2/h5-9H,4H2,1-3H3. The topological polar surface area (TPSA) is 24.7 Å². The molecule has 0 unspecified atom stereocenters. The summed E-state index contributed by atoms with van der Waals surface area (Å²) in [6.45, 7) is 6.82. The zero-order chi connectivity index (χ0) is 10.4. The van der Waals surface area contributed by atoms with Crippen molar-refractivity contribution in [3.05, 3.63) is 29.3 Å². The number of nitrogens with zero attached hydrogens (tertiary/aromatic N) is 2. The van der Waals surface area contributed by atoms with Crippen molar-refractivity contribution in [2.24, 2.45) is 9.98 Å². The average Bonchev–Trinajstić information content (AvgIpc) is 2.18. The van der Waals surface area contributed by atoms with Gasteiger partial charge in [0.25, 0.3) is 0 Å². The van der Waals surface area contributed by atoms with Crippen molar-refractivity contribution in [2.45, 2.75) is 20.8 Å². The first-order chi connectivity index (χ1) is 6.77. The average molecular weight is 188 g/mol. The Morgan fingerprint density at radius 2 is 2.14 bits per heavy atom. The van der Waals surface area contributed by atoms with Crippen LogP contribution in [0.2, 0.25) is 0 Å². The Labute approximate surface area is 85.4 Å². The van der Waals surface area contributed by atoms with E-state index in [9.17, 15) is 0 Å². The largest absolute Gasteiger partial charge is 0.293 e. The van der Waals surface area contributed by atoms with Gasteiger partial charge in [0.05, 0.1) is 5.69 Å². The molecule has 0 radical (unpaired) electrons. The second-order valence-electron chi connectivity index (χ2n) is 3.08. The van der Waals surface area contributed by atoms with Crippen LogP contribution in [0.5, 0.6) is 0 Å². The summed E-state index contributed by atoms with van der Waals surface area (Å²) in [6, 6.07) is 6.18. The first-order valence-corrected chi connectivity index (χ1v) is 4.87. The van der Waals surface area contributed by atoms with Crippen molar-refractivity contribution >= 4 is 18.1 Å². The molecule has 14 heavy (non-hydrogen) atoms. The summed E-state index contributed by atoms with van der Waals surface area (Å²) in [7, 11) is 0. The Hall–Kier alpha value is -1.44. The molecule has 0 amide bonds. The number of aryl methyl sites for hydroxylation is 1. The zero-order valence-corrected chi connectivity index (χ0v) is 8.99. The third-order valence-corrected chi connectivity index (χ3v) is 1.86. The summed E-state index contributed by atoms with van der Waals surface area (Å²) in [5.74, 6) is 0. The number of hydrogen-bond donors (Lipinski definition) is 0. The lowest BCUT2D eigenvalue weighted by Crippen LogP contribution is -1.85. The van der Waals surface area contributed by atoms with Gasteiger partial charge in [0.15, 0.2) is 0 Å². The van der Waals surface area contributed by atoms with E-state index in [1.165, 1.54) is 5.56 Å². The van der Waals surface area contributed by atoms with Crippen molar-refractivity contribution in [1.29, 1.82) is 0 Å². The molecule has 1 aromatic carbocycles. The molecular weight excluding hydrogens is 172 g/mol. The van der Waals surface area contributed by atoms with Gasteiger partial charge in [0, 0.05) is 24.5 Å². The Morgan fingerprint density at radius 3 is 2.79 bits per heavy atom. The molecule has 0 aliphatic heterocycles. The molecule has 2 nitrogen and oxygen atoms in total. The predicted molar refractivity (Wildman–Crippen MR) is 63.1 cm³/mol. The quantitative estimate of drug-likeness (QED) is 0.651. The molecule has 74 valence electrons. The van der Waals surface area contributed by atoms with E-state index < -0.39 is 0 Å². The smallest absolute Gasteiger partial charge is 0.0713 e. The highest BCUT2D eigenvalue weighted by Gasteiger charge is 1.97. The molecule has 2 heteroatoms. The van der Waals surface area contributed by atoms with Crippen LogP contribution in [0.3, 0.4) is 0 Å².